The van der Waals surface area contributed by atoms with E-state index in [-0.39, 0.29) is 0 Å². The highest BCUT2D eigenvalue weighted by molar-refractivity contribution is 6.36. The van der Waals surface area contributed by atoms with Gasteiger partial charge < -0.3 is 4.74 Å². The molecule has 0 unspecified atom stereocenters. The maximum absolute atomic E-state index is 6.23. The average Bonchev–Trinajstić information content (AvgIpc) is 2.77. The largest absolute Gasteiger partial charge is 0.492 e. The second-order valence-corrected chi connectivity index (χ2v) is 4.39. The van der Waals surface area contributed by atoms with E-state index >= 15 is 0 Å². The molecule has 0 atom stereocenters. The second kappa shape index (κ2) is 3.63. The van der Waals surface area contributed by atoms with Gasteiger partial charge in [0.1, 0.15) is 5.75 Å². The minimum atomic E-state index is 0.686. The third-order valence-corrected chi connectivity index (χ3v) is 3.36. The number of hydrogen-bond donors (Lipinski definition) is 0. The fourth-order valence-corrected chi connectivity index (χ4v) is 2.52. The zero-order valence-electron chi connectivity index (χ0n) is 9.09. The average molecular weight is 234 g/mol. The molecular formula is C13H12ClNO. The molecule has 1 aromatic carbocycles. The molecule has 2 heterocycles. The van der Waals surface area contributed by atoms with Crippen LogP contribution in [-0.2, 0) is 12.8 Å². The van der Waals surface area contributed by atoms with Gasteiger partial charge in [-0.15, -0.1) is 0 Å². The Hall–Kier alpha value is -1.28. The Morgan fingerprint density at radius 3 is 3.12 bits per heavy atom. The Morgan fingerprint density at radius 2 is 2.31 bits per heavy atom. The molecule has 2 aromatic rings. The second-order valence-electron chi connectivity index (χ2n) is 3.98. The van der Waals surface area contributed by atoms with Gasteiger partial charge in [0.25, 0.3) is 0 Å². The fourth-order valence-electron chi connectivity index (χ4n) is 2.28. The number of aromatic nitrogens is 1. The highest BCUT2D eigenvalue weighted by Crippen LogP contribution is 2.38. The van der Waals surface area contributed by atoms with Gasteiger partial charge in [-0.3, -0.25) is 4.98 Å². The SMILES string of the molecule is CCc1ncc(Cl)c2c3c(ccc12)CCO3. The van der Waals surface area contributed by atoms with Crippen molar-refractivity contribution >= 4 is 22.4 Å². The van der Waals surface area contributed by atoms with E-state index in [1.165, 1.54) is 5.56 Å². The minimum Gasteiger partial charge on any atom is -0.492 e. The molecule has 0 saturated carbocycles. The van der Waals surface area contributed by atoms with Crippen LogP contribution in [0.4, 0.5) is 0 Å². The molecular weight excluding hydrogens is 222 g/mol. The molecule has 0 bridgehead atoms. The molecule has 1 aromatic heterocycles. The van der Waals surface area contributed by atoms with E-state index in [1.54, 1.807) is 6.20 Å². The lowest BCUT2D eigenvalue weighted by Gasteiger charge is -2.09. The lowest BCUT2D eigenvalue weighted by atomic mass is 10.0. The summed E-state index contributed by atoms with van der Waals surface area (Å²) in [6, 6.07) is 4.24. The molecule has 16 heavy (non-hydrogen) atoms. The van der Waals surface area contributed by atoms with Crippen LogP contribution in [0.3, 0.4) is 0 Å². The minimum absolute atomic E-state index is 0.686. The molecule has 0 amide bonds. The van der Waals surface area contributed by atoms with Crippen LogP contribution in [0, 0.1) is 0 Å². The summed E-state index contributed by atoms with van der Waals surface area (Å²) in [6.07, 6.45) is 3.61. The van der Waals surface area contributed by atoms with Gasteiger partial charge >= 0.3 is 0 Å². The zero-order valence-corrected chi connectivity index (χ0v) is 9.84. The number of aryl methyl sites for hydroxylation is 1. The van der Waals surface area contributed by atoms with Crippen LogP contribution in [0.2, 0.25) is 5.02 Å². The first-order chi connectivity index (χ1) is 7.81. The molecule has 1 aliphatic heterocycles. The number of ether oxygens (including phenoxy) is 1. The first-order valence-electron chi connectivity index (χ1n) is 5.53. The molecule has 3 heteroatoms. The van der Waals surface area contributed by atoms with Gasteiger partial charge in [0.15, 0.2) is 0 Å². The van der Waals surface area contributed by atoms with Gasteiger partial charge in [0.05, 0.1) is 11.6 Å². The summed E-state index contributed by atoms with van der Waals surface area (Å²) in [5, 5.41) is 2.84. The van der Waals surface area contributed by atoms with E-state index in [4.69, 9.17) is 16.3 Å². The van der Waals surface area contributed by atoms with Gasteiger partial charge in [-0.1, -0.05) is 30.7 Å². The van der Waals surface area contributed by atoms with Crippen molar-refractivity contribution in [3.05, 3.63) is 34.6 Å². The van der Waals surface area contributed by atoms with E-state index in [9.17, 15) is 0 Å². The van der Waals surface area contributed by atoms with Gasteiger partial charge in [-0.05, 0) is 12.0 Å². The molecule has 3 rings (SSSR count). The highest BCUT2D eigenvalue weighted by atomic mass is 35.5. The number of pyridine rings is 1. The predicted molar refractivity (Wildman–Crippen MR) is 65.3 cm³/mol. The quantitative estimate of drug-likeness (QED) is 0.753. The Bertz CT molecular complexity index is 565. The monoisotopic (exact) mass is 233 g/mol. The summed E-state index contributed by atoms with van der Waals surface area (Å²) >= 11 is 6.23. The Morgan fingerprint density at radius 1 is 1.44 bits per heavy atom. The van der Waals surface area contributed by atoms with Crippen molar-refractivity contribution in [1.82, 2.24) is 4.98 Å². The van der Waals surface area contributed by atoms with E-state index < -0.39 is 0 Å². The Labute approximate surface area is 99.2 Å². The topological polar surface area (TPSA) is 22.1 Å². The Balaban J connectivity index is 2.43. The molecule has 1 aliphatic rings. The number of hydrogen-bond acceptors (Lipinski definition) is 2. The summed E-state index contributed by atoms with van der Waals surface area (Å²) < 4.78 is 5.68. The van der Waals surface area contributed by atoms with E-state index in [0.29, 0.717) is 5.02 Å². The molecule has 82 valence electrons. The van der Waals surface area contributed by atoms with Crippen LogP contribution in [-0.4, -0.2) is 11.6 Å². The lowest BCUT2D eigenvalue weighted by molar-refractivity contribution is 0.360. The maximum Gasteiger partial charge on any atom is 0.132 e. The van der Waals surface area contributed by atoms with Gasteiger partial charge in [-0.2, -0.15) is 0 Å². The Kier molecular flexibility index (Phi) is 2.25. The summed E-state index contributed by atoms with van der Waals surface area (Å²) in [5.74, 6) is 0.958. The maximum atomic E-state index is 6.23. The van der Waals surface area contributed by atoms with Crippen LogP contribution >= 0.6 is 11.6 Å². The van der Waals surface area contributed by atoms with Crippen molar-refractivity contribution in [2.24, 2.45) is 0 Å². The summed E-state index contributed by atoms with van der Waals surface area (Å²) in [4.78, 5) is 4.36. The standard InChI is InChI=1S/C13H12ClNO/c1-2-11-9-4-3-8-5-6-16-13(8)12(9)10(14)7-15-11/h3-4,7H,2,5-6H2,1H3. The fraction of sp³-hybridized carbons (Fsp3) is 0.308. The normalized spacial score (nSPS) is 13.9. The van der Waals surface area contributed by atoms with Crippen molar-refractivity contribution in [2.75, 3.05) is 6.61 Å². The van der Waals surface area contributed by atoms with Crippen molar-refractivity contribution in [2.45, 2.75) is 19.8 Å². The number of benzene rings is 1. The number of nitrogens with zero attached hydrogens (tertiary/aromatic N) is 1. The molecule has 0 aliphatic carbocycles. The lowest BCUT2D eigenvalue weighted by Crippen LogP contribution is -1.92. The van der Waals surface area contributed by atoms with Crippen molar-refractivity contribution in [1.29, 1.82) is 0 Å². The van der Waals surface area contributed by atoms with Gasteiger partial charge in [0, 0.05) is 29.1 Å². The summed E-state index contributed by atoms with van der Waals surface area (Å²) in [6.45, 7) is 2.86. The molecule has 0 radical (unpaired) electrons. The zero-order chi connectivity index (χ0) is 11.1. The van der Waals surface area contributed by atoms with Crippen LogP contribution in [0.15, 0.2) is 18.3 Å². The summed E-state index contributed by atoms with van der Waals surface area (Å²) in [7, 11) is 0. The van der Waals surface area contributed by atoms with Gasteiger partial charge in [-0.25, -0.2) is 0 Å². The molecule has 0 saturated heterocycles. The van der Waals surface area contributed by atoms with E-state index in [1.807, 2.05) is 0 Å². The van der Waals surface area contributed by atoms with Crippen LogP contribution in [0.25, 0.3) is 10.8 Å². The molecule has 0 fully saturated rings. The molecule has 0 spiro atoms. The van der Waals surface area contributed by atoms with E-state index in [0.717, 1.165) is 41.7 Å². The van der Waals surface area contributed by atoms with Crippen molar-refractivity contribution in [3.63, 3.8) is 0 Å². The third kappa shape index (κ3) is 1.30. The molecule has 2 nitrogen and oxygen atoms in total. The summed E-state index contributed by atoms with van der Waals surface area (Å²) in [5.41, 5.74) is 2.33. The highest BCUT2D eigenvalue weighted by Gasteiger charge is 2.18. The van der Waals surface area contributed by atoms with Crippen LogP contribution < -0.4 is 4.74 Å². The van der Waals surface area contributed by atoms with Crippen molar-refractivity contribution < 1.29 is 4.74 Å². The smallest absolute Gasteiger partial charge is 0.132 e. The van der Waals surface area contributed by atoms with Crippen LogP contribution in [0.5, 0.6) is 5.75 Å². The predicted octanol–water partition coefficient (Wildman–Crippen LogP) is 3.39. The molecule has 0 N–H and O–H groups in total. The van der Waals surface area contributed by atoms with Crippen LogP contribution in [0.1, 0.15) is 18.2 Å². The first-order valence-corrected chi connectivity index (χ1v) is 5.91. The number of halogens is 1. The first kappa shape index (κ1) is 9.91. The van der Waals surface area contributed by atoms with Crippen molar-refractivity contribution in [3.8, 4) is 5.75 Å². The number of fused-ring (bicyclic) bond motifs is 3. The van der Waals surface area contributed by atoms with E-state index in [2.05, 4.69) is 24.0 Å². The van der Waals surface area contributed by atoms with Gasteiger partial charge in [0.2, 0.25) is 0 Å². The number of rotatable bonds is 1. The third-order valence-electron chi connectivity index (χ3n) is 3.08.